The Bertz CT molecular complexity index is 586. The highest BCUT2D eigenvalue weighted by Crippen LogP contribution is 2.18. The minimum Gasteiger partial charge on any atom is -0.494 e. The second kappa shape index (κ2) is 8.48. The lowest BCUT2D eigenvalue weighted by Crippen LogP contribution is -2.19. The molecule has 1 atom stereocenters. The Morgan fingerprint density at radius 1 is 1.32 bits per heavy atom. The second-order valence-corrected chi connectivity index (χ2v) is 6.13. The first-order chi connectivity index (χ1) is 10.7. The molecule has 1 amide bonds. The van der Waals surface area contributed by atoms with Crippen LogP contribution in [0.25, 0.3) is 0 Å². The normalized spacial score (nSPS) is 11.9. The molecule has 0 bridgehead atoms. The standard InChI is InChI=1S/C16H21N3O2S/c1-3-12(2)15(20)17-16-19-18-14(22-16)10-7-11-21-13-8-5-4-6-9-13/h4-6,8-9,12H,3,7,10-11H2,1-2H3,(H,17,19,20)/t12-/m0/s1. The molecule has 1 heterocycles. The van der Waals surface area contributed by atoms with Gasteiger partial charge in [0.05, 0.1) is 6.61 Å². The summed E-state index contributed by atoms with van der Waals surface area (Å²) >= 11 is 1.43. The molecule has 0 aliphatic carbocycles. The number of rotatable bonds is 8. The summed E-state index contributed by atoms with van der Waals surface area (Å²) in [7, 11) is 0. The van der Waals surface area contributed by atoms with Crippen LogP contribution in [0.2, 0.25) is 0 Å². The molecular weight excluding hydrogens is 298 g/mol. The van der Waals surface area contributed by atoms with Gasteiger partial charge in [0.1, 0.15) is 10.8 Å². The number of anilines is 1. The minimum atomic E-state index is -0.00776. The summed E-state index contributed by atoms with van der Waals surface area (Å²) in [4.78, 5) is 11.8. The molecular formula is C16H21N3O2S. The number of nitrogens with one attached hydrogen (secondary N) is 1. The maximum atomic E-state index is 11.8. The van der Waals surface area contributed by atoms with Crippen molar-refractivity contribution in [1.29, 1.82) is 0 Å². The number of amides is 1. The van der Waals surface area contributed by atoms with Crippen molar-refractivity contribution in [3.05, 3.63) is 35.3 Å². The topological polar surface area (TPSA) is 64.1 Å². The zero-order chi connectivity index (χ0) is 15.8. The van der Waals surface area contributed by atoms with Gasteiger partial charge in [-0.25, -0.2) is 0 Å². The van der Waals surface area contributed by atoms with E-state index in [1.807, 2.05) is 44.2 Å². The lowest BCUT2D eigenvalue weighted by Gasteiger charge is -2.06. The van der Waals surface area contributed by atoms with Crippen molar-refractivity contribution >= 4 is 22.4 Å². The first-order valence-corrected chi connectivity index (χ1v) is 8.31. The van der Waals surface area contributed by atoms with Crippen LogP contribution < -0.4 is 10.1 Å². The summed E-state index contributed by atoms with van der Waals surface area (Å²) in [6.45, 7) is 4.53. The molecule has 5 nitrogen and oxygen atoms in total. The van der Waals surface area contributed by atoms with E-state index in [4.69, 9.17) is 4.74 Å². The smallest absolute Gasteiger partial charge is 0.229 e. The van der Waals surface area contributed by atoms with Gasteiger partial charge in [-0.2, -0.15) is 0 Å². The molecule has 0 saturated carbocycles. The number of benzene rings is 1. The van der Waals surface area contributed by atoms with Gasteiger partial charge in [0.25, 0.3) is 0 Å². The van der Waals surface area contributed by atoms with Crippen LogP contribution in [0.4, 0.5) is 5.13 Å². The third-order valence-corrected chi connectivity index (χ3v) is 4.20. The summed E-state index contributed by atoms with van der Waals surface area (Å²) in [5.74, 6) is 0.866. The van der Waals surface area contributed by atoms with E-state index < -0.39 is 0 Å². The van der Waals surface area contributed by atoms with Crippen LogP contribution in [0, 0.1) is 5.92 Å². The zero-order valence-corrected chi connectivity index (χ0v) is 13.7. The van der Waals surface area contributed by atoms with E-state index in [2.05, 4.69) is 15.5 Å². The third kappa shape index (κ3) is 5.11. The molecule has 1 N–H and O–H groups in total. The number of ether oxygens (including phenoxy) is 1. The molecule has 0 radical (unpaired) electrons. The molecule has 1 aromatic carbocycles. The van der Waals surface area contributed by atoms with Crippen molar-refractivity contribution in [3.8, 4) is 5.75 Å². The van der Waals surface area contributed by atoms with Crippen molar-refractivity contribution in [2.24, 2.45) is 5.92 Å². The molecule has 2 aromatic rings. The van der Waals surface area contributed by atoms with E-state index in [1.54, 1.807) is 0 Å². The molecule has 118 valence electrons. The molecule has 0 saturated heterocycles. The Hall–Kier alpha value is -1.95. The van der Waals surface area contributed by atoms with Crippen LogP contribution in [0.1, 0.15) is 31.7 Å². The summed E-state index contributed by atoms with van der Waals surface area (Å²) < 4.78 is 5.63. The number of nitrogens with zero attached hydrogens (tertiary/aromatic N) is 2. The van der Waals surface area contributed by atoms with E-state index in [0.29, 0.717) is 11.7 Å². The van der Waals surface area contributed by atoms with Crippen molar-refractivity contribution in [2.45, 2.75) is 33.1 Å². The van der Waals surface area contributed by atoms with Crippen molar-refractivity contribution < 1.29 is 9.53 Å². The van der Waals surface area contributed by atoms with Crippen LogP contribution in [0.15, 0.2) is 30.3 Å². The van der Waals surface area contributed by atoms with Gasteiger partial charge in [-0.05, 0) is 25.0 Å². The van der Waals surface area contributed by atoms with Gasteiger partial charge in [0, 0.05) is 12.3 Å². The predicted molar refractivity (Wildman–Crippen MR) is 88.3 cm³/mol. The SMILES string of the molecule is CC[C@H](C)C(=O)Nc1nnc(CCCOc2ccccc2)s1. The number of carbonyl (C=O) groups excluding carboxylic acids is 1. The minimum absolute atomic E-state index is 0.00221. The summed E-state index contributed by atoms with van der Waals surface area (Å²) in [5, 5.41) is 12.4. The maximum Gasteiger partial charge on any atom is 0.229 e. The van der Waals surface area contributed by atoms with Gasteiger partial charge >= 0.3 is 0 Å². The third-order valence-electron chi connectivity index (χ3n) is 3.30. The fraction of sp³-hybridized carbons (Fsp3) is 0.438. The molecule has 0 unspecified atom stereocenters. The number of aryl methyl sites for hydroxylation is 1. The number of aromatic nitrogens is 2. The average Bonchev–Trinajstić information content (AvgIpc) is 2.99. The lowest BCUT2D eigenvalue weighted by atomic mass is 10.1. The van der Waals surface area contributed by atoms with E-state index >= 15 is 0 Å². The summed E-state index contributed by atoms with van der Waals surface area (Å²) in [6, 6.07) is 9.74. The van der Waals surface area contributed by atoms with Crippen molar-refractivity contribution in [1.82, 2.24) is 10.2 Å². The molecule has 1 aromatic heterocycles. The van der Waals surface area contributed by atoms with Crippen LogP contribution in [0.5, 0.6) is 5.75 Å². The van der Waals surface area contributed by atoms with E-state index in [9.17, 15) is 4.79 Å². The van der Waals surface area contributed by atoms with Gasteiger partial charge in [-0.3, -0.25) is 4.79 Å². The molecule has 0 aliphatic rings. The van der Waals surface area contributed by atoms with Gasteiger partial charge in [-0.15, -0.1) is 10.2 Å². The predicted octanol–water partition coefficient (Wildman–Crippen LogP) is 3.53. The summed E-state index contributed by atoms with van der Waals surface area (Å²) in [6.07, 6.45) is 2.47. The Labute approximate surface area is 134 Å². The number of carbonyl (C=O) groups is 1. The van der Waals surface area contributed by atoms with Gasteiger partial charge in [0.15, 0.2) is 0 Å². The first kappa shape index (κ1) is 16.4. The van der Waals surface area contributed by atoms with Crippen LogP contribution in [-0.2, 0) is 11.2 Å². The van der Waals surface area contributed by atoms with E-state index in [0.717, 1.165) is 30.0 Å². The maximum absolute atomic E-state index is 11.8. The Morgan fingerprint density at radius 2 is 2.09 bits per heavy atom. The van der Waals surface area contributed by atoms with Gasteiger partial charge in [0.2, 0.25) is 11.0 Å². The molecule has 0 aliphatic heterocycles. The Balaban J connectivity index is 1.72. The largest absolute Gasteiger partial charge is 0.494 e. The van der Waals surface area contributed by atoms with Gasteiger partial charge in [-0.1, -0.05) is 43.4 Å². The highest BCUT2D eigenvalue weighted by molar-refractivity contribution is 7.15. The first-order valence-electron chi connectivity index (χ1n) is 7.50. The van der Waals surface area contributed by atoms with Crippen LogP contribution in [-0.4, -0.2) is 22.7 Å². The fourth-order valence-corrected chi connectivity index (χ4v) is 2.53. The van der Waals surface area contributed by atoms with Crippen molar-refractivity contribution in [2.75, 3.05) is 11.9 Å². The van der Waals surface area contributed by atoms with Crippen molar-refractivity contribution in [3.63, 3.8) is 0 Å². The Kier molecular flexibility index (Phi) is 6.33. The number of hydrogen-bond acceptors (Lipinski definition) is 5. The monoisotopic (exact) mass is 319 g/mol. The molecule has 2 rings (SSSR count). The lowest BCUT2D eigenvalue weighted by molar-refractivity contribution is -0.119. The summed E-state index contributed by atoms with van der Waals surface area (Å²) in [5.41, 5.74) is 0. The number of hydrogen-bond donors (Lipinski definition) is 1. The van der Waals surface area contributed by atoms with Crippen LogP contribution in [0.3, 0.4) is 0 Å². The second-order valence-electron chi connectivity index (χ2n) is 5.06. The van der Waals surface area contributed by atoms with E-state index in [-0.39, 0.29) is 11.8 Å². The van der Waals surface area contributed by atoms with Gasteiger partial charge < -0.3 is 10.1 Å². The molecule has 0 fully saturated rings. The van der Waals surface area contributed by atoms with E-state index in [1.165, 1.54) is 11.3 Å². The zero-order valence-electron chi connectivity index (χ0n) is 12.9. The quantitative estimate of drug-likeness (QED) is 0.756. The number of para-hydroxylation sites is 1. The molecule has 22 heavy (non-hydrogen) atoms. The highest BCUT2D eigenvalue weighted by atomic mass is 32.1. The Morgan fingerprint density at radius 3 is 2.82 bits per heavy atom. The van der Waals surface area contributed by atoms with Crippen LogP contribution >= 0.6 is 11.3 Å². The average molecular weight is 319 g/mol. The highest BCUT2D eigenvalue weighted by Gasteiger charge is 2.13. The fourth-order valence-electron chi connectivity index (χ4n) is 1.75. The molecule has 0 spiro atoms. The molecule has 6 heteroatoms.